The molecule has 0 fully saturated rings. The van der Waals surface area contributed by atoms with Crippen LogP contribution in [-0.4, -0.2) is 8.42 Å². The van der Waals surface area contributed by atoms with Gasteiger partial charge in [-0.05, 0) is 52.7 Å². The molecule has 0 aliphatic carbocycles. The van der Waals surface area contributed by atoms with E-state index in [0.717, 1.165) is 5.56 Å². The topological polar surface area (TPSA) is 85.3 Å². The number of hydrogen-bond acceptors (Lipinski definition) is 4. The quantitative estimate of drug-likeness (QED) is 0.859. The second-order valence-corrected chi connectivity index (χ2v) is 6.86. The summed E-state index contributed by atoms with van der Waals surface area (Å²) in [5.74, 6) is 0.559. The van der Waals surface area contributed by atoms with Crippen LogP contribution in [0.1, 0.15) is 24.3 Å². The van der Waals surface area contributed by atoms with E-state index in [1.54, 1.807) is 31.2 Å². The molecule has 2 aromatic rings. The highest BCUT2D eigenvalue weighted by atomic mass is 79.9. The average Bonchev–Trinajstić information content (AvgIpc) is 2.91. The van der Waals surface area contributed by atoms with E-state index in [-0.39, 0.29) is 4.90 Å². The van der Waals surface area contributed by atoms with Gasteiger partial charge in [0.2, 0.25) is 10.0 Å². The molecule has 0 radical (unpaired) electrons. The first kappa shape index (κ1) is 15.2. The van der Waals surface area contributed by atoms with Gasteiger partial charge < -0.3 is 10.2 Å². The maximum absolute atomic E-state index is 12.3. The van der Waals surface area contributed by atoms with Crippen molar-refractivity contribution in [1.29, 1.82) is 0 Å². The number of nitrogens with two attached hydrogens (primary N) is 1. The molecule has 0 saturated heterocycles. The summed E-state index contributed by atoms with van der Waals surface area (Å²) in [7, 11) is -3.64. The predicted octanol–water partition coefficient (Wildman–Crippen LogP) is 2.54. The molecule has 0 aliphatic heterocycles. The number of halogens is 1. The standard InChI is InChI=1S/C13H15BrN2O3S/c1-9(12-3-2-6-19-12)16-20(17,18)13-5-4-10(8-15)7-11(13)14/h2-7,9,16H,8,15H2,1H3. The molecular formula is C13H15BrN2O3S. The molecule has 0 amide bonds. The Hall–Kier alpha value is -1.15. The first-order chi connectivity index (χ1) is 9.44. The van der Waals surface area contributed by atoms with Crippen LogP contribution in [0.4, 0.5) is 0 Å². The highest BCUT2D eigenvalue weighted by Gasteiger charge is 2.22. The Kier molecular flexibility index (Phi) is 4.64. The van der Waals surface area contributed by atoms with Gasteiger partial charge in [0.25, 0.3) is 0 Å². The molecule has 0 aliphatic rings. The maximum Gasteiger partial charge on any atom is 0.242 e. The molecular weight excluding hydrogens is 344 g/mol. The molecule has 108 valence electrons. The molecule has 20 heavy (non-hydrogen) atoms. The summed E-state index contributed by atoms with van der Waals surface area (Å²) >= 11 is 3.26. The fourth-order valence-corrected chi connectivity index (χ4v) is 4.12. The molecule has 0 bridgehead atoms. The van der Waals surface area contributed by atoms with Gasteiger partial charge in [-0.3, -0.25) is 0 Å². The fraction of sp³-hybridized carbons (Fsp3) is 0.231. The van der Waals surface area contributed by atoms with Gasteiger partial charge in [-0.15, -0.1) is 0 Å². The number of rotatable bonds is 5. The summed E-state index contributed by atoms with van der Waals surface area (Å²) in [5.41, 5.74) is 6.38. The molecule has 1 unspecified atom stereocenters. The molecule has 1 aromatic heterocycles. The SMILES string of the molecule is CC(NS(=O)(=O)c1ccc(CN)cc1Br)c1ccco1. The van der Waals surface area contributed by atoms with E-state index in [1.165, 1.54) is 12.3 Å². The van der Waals surface area contributed by atoms with Crippen LogP contribution in [0.3, 0.4) is 0 Å². The first-order valence-corrected chi connectivity index (χ1v) is 8.26. The average molecular weight is 359 g/mol. The van der Waals surface area contributed by atoms with E-state index < -0.39 is 16.1 Å². The summed E-state index contributed by atoms with van der Waals surface area (Å²) in [6.07, 6.45) is 1.51. The van der Waals surface area contributed by atoms with Crippen molar-refractivity contribution in [3.63, 3.8) is 0 Å². The first-order valence-electron chi connectivity index (χ1n) is 5.98. The summed E-state index contributed by atoms with van der Waals surface area (Å²) in [6, 6.07) is 7.91. The monoisotopic (exact) mass is 358 g/mol. The van der Waals surface area contributed by atoms with Crippen molar-refractivity contribution < 1.29 is 12.8 Å². The highest BCUT2D eigenvalue weighted by Crippen LogP contribution is 2.25. The van der Waals surface area contributed by atoms with Gasteiger partial charge in [0.15, 0.2) is 0 Å². The van der Waals surface area contributed by atoms with Crippen molar-refractivity contribution in [2.24, 2.45) is 5.73 Å². The molecule has 0 saturated carbocycles. The molecule has 1 aromatic carbocycles. The van der Waals surface area contributed by atoms with Crippen LogP contribution in [0.2, 0.25) is 0 Å². The maximum atomic E-state index is 12.3. The van der Waals surface area contributed by atoms with Crippen LogP contribution in [0.25, 0.3) is 0 Å². The smallest absolute Gasteiger partial charge is 0.242 e. The Morgan fingerprint density at radius 3 is 2.70 bits per heavy atom. The molecule has 1 atom stereocenters. The summed E-state index contributed by atoms with van der Waals surface area (Å²) in [5, 5.41) is 0. The van der Waals surface area contributed by atoms with Gasteiger partial charge >= 0.3 is 0 Å². The lowest BCUT2D eigenvalue weighted by atomic mass is 10.2. The zero-order chi connectivity index (χ0) is 14.8. The summed E-state index contributed by atoms with van der Waals surface area (Å²) in [6.45, 7) is 2.08. The van der Waals surface area contributed by atoms with Crippen LogP contribution in [-0.2, 0) is 16.6 Å². The Morgan fingerprint density at radius 1 is 1.40 bits per heavy atom. The highest BCUT2D eigenvalue weighted by molar-refractivity contribution is 9.10. The van der Waals surface area contributed by atoms with Crippen LogP contribution in [0, 0.1) is 0 Å². The third-order valence-corrected chi connectivity index (χ3v) is 5.34. The van der Waals surface area contributed by atoms with Crippen molar-refractivity contribution in [3.8, 4) is 0 Å². The lowest BCUT2D eigenvalue weighted by Crippen LogP contribution is -2.27. The van der Waals surface area contributed by atoms with Gasteiger partial charge in [-0.1, -0.05) is 6.07 Å². The number of benzene rings is 1. The minimum atomic E-state index is -3.64. The third kappa shape index (κ3) is 3.29. The number of furan rings is 1. The van der Waals surface area contributed by atoms with Crippen molar-refractivity contribution in [1.82, 2.24) is 4.72 Å². The fourth-order valence-electron chi connectivity index (χ4n) is 1.78. The zero-order valence-electron chi connectivity index (χ0n) is 10.8. The van der Waals surface area contributed by atoms with E-state index in [1.807, 2.05) is 0 Å². The Morgan fingerprint density at radius 2 is 2.15 bits per heavy atom. The second-order valence-electron chi connectivity index (χ2n) is 4.33. The van der Waals surface area contributed by atoms with Crippen LogP contribution < -0.4 is 10.5 Å². The Balaban J connectivity index is 2.27. The van der Waals surface area contributed by atoms with Gasteiger partial charge in [0.1, 0.15) is 5.76 Å². The van der Waals surface area contributed by atoms with Crippen molar-refractivity contribution >= 4 is 26.0 Å². The number of sulfonamides is 1. The van der Waals surface area contributed by atoms with Crippen molar-refractivity contribution in [3.05, 3.63) is 52.4 Å². The van der Waals surface area contributed by atoms with Gasteiger partial charge in [-0.25, -0.2) is 13.1 Å². The van der Waals surface area contributed by atoms with Crippen molar-refractivity contribution in [2.75, 3.05) is 0 Å². The molecule has 7 heteroatoms. The van der Waals surface area contributed by atoms with E-state index in [9.17, 15) is 8.42 Å². The van der Waals surface area contributed by atoms with E-state index in [2.05, 4.69) is 20.7 Å². The van der Waals surface area contributed by atoms with Crippen LogP contribution in [0.15, 0.2) is 50.4 Å². The molecule has 2 rings (SSSR count). The van der Waals surface area contributed by atoms with Crippen molar-refractivity contribution in [2.45, 2.75) is 24.4 Å². The molecule has 3 N–H and O–H groups in total. The van der Waals surface area contributed by atoms with Gasteiger partial charge in [0, 0.05) is 11.0 Å². The summed E-state index contributed by atoms with van der Waals surface area (Å²) < 4.78 is 32.9. The van der Waals surface area contributed by atoms with E-state index in [0.29, 0.717) is 16.8 Å². The molecule has 0 spiro atoms. The lowest BCUT2D eigenvalue weighted by molar-refractivity contribution is 0.459. The normalized spacial score (nSPS) is 13.3. The van der Waals surface area contributed by atoms with Crippen LogP contribution >= 0.6 is 15.9 Å². The zero-order valence-corrected chi connectivity index (χ0v) is 13.2. The second kappa shape index (κ2) is 6.09. The number of hydrogen-bond donors (Lipinski definition) is 2. The number of nitrogens with one attached hydrogen (secondary N) is 1. The largest absolute Gasteiger partial charge is 0.468 e. The van der Waals surface area contributed by atoms with Gasteiger partial charge in [-0.2, -0.15) is 0 Å². The third-order valence-electron chi connectivity index (χ3n) is 2.82. The van der Waals surface area contributed by atoms with E-state index in [4.69, 9.17) is 10.2 Å². The Labute approximate surface area is 126 Å². The van der Waals surface area contributed by atoms with Gasteiger partial charge in [0.05, 0.1) is 17.2 Å². The minimum absolute atomic E-state index is 0.174. The summed E-state index contributed by atoms with van der Waals surface area (Å²) in [4.78, 5) is 0.174. The Bertz CT molecular complexity index is 684. The minimum Gasteiger partial charge on any atom is -0.468 e. The van der Waals surface area contributed by atoms with E-state index >= 15 is 0 Å². The lowest BCUT2D eigenvalue weighted by Gasteiger charge is -2.13. The predicted molar refractivity (Wildman–Crippen MR) is 79.5 cm³/mol. The molecule has 5 nitrogen and oxygen atoms in total. The molecule has 1 heterocycles. The van der Waals surface area contributed by atoms with Crippen LogP contribution in [0.5, 0.6) is 0 Å².